The molecule has 24 heavy (non-hydrogen) atoms. The van der Waals surface area contributed by atoms with Gasteiger partial charge in [0.1, 0.15) is 0 Å². The van der Waals surface area contributed by atoms with Gasteiger partial charge in [0.2, 0.25) is 11.8 Å². The summed E-state index contributed by atoms with van der Waals surface area (Å²) >= 11 is 0. The first-order valence-electron chi connectivity index (χ1n) is 8.45. The number of carbonyl (C=O) groups excluding carboxylic acids is 2. The van der Waals surface area contributed by atoms with Crippen LogP contribution in [0.25, 0.3) is 0 Å². The summed E-state index contributed by atoms with van der Waals surface area (Å²) in [4.78, 5) is 26.0. The highest BCUT2D eigenvalue weighted by Crippen LogP contribution is 2.32. The van der Waals surface area contributed by atoms with Crippen molar-refractivity contribution in [2.45, 2.75) is 25.8 Å². The predicted molar refractivity (Wildman–Crippen MR) is 92.6 cm³/mol. The standard InChI is InChI=1S/C18H27N3O3/c1-14(22)21-11-7-15-5-3-4-6-16(15)17(21)13-18(23)20-9-8-19-10-12-24-2/h3-6,17,19H,7-13H2,1-2H3,(H,20,23). The van der Waals surface area contributed by atoms with E-state index in [2.05, 4.69) is 16.7 Å². The zero-order chi connectivity index (χ0) is 17.4. The van der Waals surface area contributed by atoms with Crippen molar-refractivity contribution in [2.75, 3.05) is 39.9 Å². The van der Waals surface area contributed by atoms with Gasteiger partial charge in [-0.2, -0.15) is 0 Å². The van der Waals surface area contributed by atoms with E-state index in [0.717, 1.165) is 18.5 Å². The summed E-state index contributed by atoms with van der Waals surface area (Å²) in [5.74, 6) is -0.0139. The molecule has 6 nitrogen and oxygen atoms in total. The largest absolute Gasteiger partial charge is 0.383 e. The van der Waals surface area contributed by atoms with E-state index in [1.807, 2.05) is 18.2 Å². The summed E-state index contributed by atoms with van der Waals surface area (Å²) in [5.41, 5.74) is 2.32. The Balaban J connectivity index is 1.90. The molecule has 1 aliphatic rings. The normalized spacial score (nSPS) is 16.6. The maximum absolute atomic E-state index is 12.3. The Labute approximate surface area is 143 Å². The Hall–Kier alpha value is -1.92. The number of hydrogen-bond donors (Lipinski definition) is 2. The molecular weight excluding hydrogens is 306 g/mol. The van der Waals surface area contributed by atoms with E-state index < -0.39 is 0 Å². The van der Waals surface area contributed by atoms with Crippen LogP contribution in [-0.4, -0.2) is 56.6 Å². The first-order valence-corrected chi connectivity index (χ1v) is 8.45. The van der Waals surface area contributed by atoms with Gasteiger partial charge < -0.3 is 20.3 Å². The van der Waals surface area contributed by atoms with Gasteiger partial charge in [-0.05, 0) is 17.5 Å². The van der Waals surface area contributed by atoms with Crippen molar-refractivity contribution in [3.8, 4) is 0 Å². The lowest BCUT2D eigenvalue weighted by molar-refractivity contribution is -0.133. The van der Waals surface area contributed by atoms with Gasteiger partial charge in [-0.1, -0.05) is 24.3 Å². The van der Waals surface area contributed by atoms with Crippen LogP contribution in [-0.2, 0) is 20.7 Å². The number of ether oxygens (including phenoxy) is 1. The van der Waals surface area contributed by atoms with Crippen LogP contribution in [0.15, 0.2) is 24.3 Å². The molecule has 1 aromatic carbocycles. The molecule has 0 aliphatic carbocycles. The second-order valence-corrected chi connectivity index (χ2v) is 5.97. The van der Waals surface area contributed by atoms with Crippen molar-refractivity contribution in [1.82, 2.24) is 15.5 Å². The summed E-state index contributed by atoms with van der Waals surface area (Å²) in [6.07, 6.45) is 1.14. The number of carbonyl (C=O) groups is 2. The maximum atomic E-state index is 12.3. The molecule has 1 heterocycles. The predicted octanol–water partition coefficient (Wildman–Crippen LogP) is 0.875. The van der Waals surface area contributed by atoms with Crippen LogP contribution in [0.3, 0.4) is 0 Å². The van der Waals surface area contributed by atoms with Gasteiger partial charge in [0.05, 0.1) is 19.1 Å². The van der Waals surface area contributed by atoms with Gasteiger partial charge >= 0.3 is 0 Å². The molecule has 1 aromatic rings. The van der Waals surface area contributed by atoms with Crippen LogP contribution in [0.2, 0.25) is 0 Å². The van der Waals surface area contributed by atoms with Crippen LogP contribution < -0.4 is 10.6 Å². The van der Waals surface area contributed by atoms with Crippen molar-refractivity contribution in [3.05, 3.63) is 35.4 Å². The molecule has 2 N–H and O–H groups in total. The molecule has 2 rings (SSSR count). The first-order chi connectivity index (χ1) is 11.6. The molecule has 0 fully saturated rings. The number of rotatable bonds is 8. The summed E-state index contributed by atoms with van der Waals surface area (Å²) in [6.45, 7) is 4.92. The molecule has 0 spiro atoms. The Kier molecular flexibility index (Phi) is 7.21. The monoisotopic (exact) mass is 333 g/mol. The molecular formula is C18H27N3O3. The van der Waals surface area contributed by atoms with Crippen molar-refractivity contribution in [2.24, 2.45) is 0 Å². The molecule has 0 saturated carbocycles. The molecule has 1 aliphatic heterocycles. The lowest BCUT2D eigenvalue weighted by atomic mass is 9.90. The SMILES string of the molecule is COCCNCCNC(=O)CC1c2ccccc2CCN1C(C)=O. The van der Waals surface area contributed by atoms with E-state index in [1.54, 1.807) is 18.9 Å². The number of amides is 2. The summed E-state index contributed by atoms with van der Waals surface area (Å²) < 4.78 is 4.95. The Bertz CT molecular complexity index is 562. The van der Waals surface area contributed by atoms with Crippen molar-refractivity contribution in [3.63, 3.8) is 0 Å². The van der Waals surface area contributed by atoms with Gasteiger partial charge in [0.15, 0.2) is 0 Å². The van der Waals surface area contributed by atoms with Crippen molar-refractivity contribution in [1.29, 1.82) is 0 Å². The van der Waals surface area contributed by atoms with Gasteiger partial charge in [-0.3, -0.25) is 9.59 Å². The Morgan fingerprint density at radius 2 is 2.04 bits per heavy atom. The van der Waals surface area contributed by atoms with E-state index in [9.17, 15) is 9.59 Å². The highest BCUT2D eigenvalue weighted by molar-refractivity contribution is 5.79. The van der Waals surface area contributed by atoms with Crippen LogP contribution in [0.4, 0.5) is 0 Å². The Morgan fingerprint density at radius 1 is 1.25 bits per heavy atom. The average Bonchev–Trinajstić information content (AvgIpc) is 2.58. The van der Waals surface area contributed by atoms with E-state index in [1.165, 1.54) is 5.56 Å². The van der Waals surface area contributed by atoms with E-state index in [0.29, 0.717) is 32.7 Å². The molecule has 1 unspecified atom stereocenters. The quantitative estimate of drug-likeness (QED) is 0.693. The first kappa shape index (κ1) is 18.4. The zero-order valence-corrected chi connectivity index (χ0v) is 14.5. The number of methoxy groups -OCH3 is 1. The third-order valence-corrected chi connectivity index (χ3v) is 4.30. The molecule has 0 saturated heterocycles. The van der Waals surface area contributed by atoms with Crippen molar-refractivity contribution >= 4 is 11.8 Å². The van der Waals surface area contributed by atoms with E-state index in [4.69, 9.17) is 4.74 Å². The molecule has 0 bridgehead atoms. The minimum Gasteiger partial charge on any atom is -0.383 e. The lowest BCUT2D eigenvalue weighted by Crippen LogP contribution is -2.42. The second kappa shape index (κ2) is 9.39. The van der Waals surface area contributed by atoms with Crippen LogP contribution in [0.5, 0.6) is 0 Å². The van der Waals surface area contributed by atoms with Crippen LogP contribution in [0.1, 0.15) is 30.5 Å². The minimum atomic E-state index is -0.172. The molecule has 1 atom stereocenters. The zero-order valence-electron chi connectivity index (χ0n) is 14.5. The maximum Gasteiger partial charge on any atom is 0.222 e. The van der Waals surface area contributed by atoms with E-state index >= 15 is 0 Å². The van der Waals surface area contributed by atoms with Crippen LogP contribution >= 0.6 is 0 Å². The molecule has 6 heteroatoms. The molecule has 0 radical (unpaired) electrons. The van der Waals surface area contributed by atoms with Crippen molar-refractivity contribution < 1.29 is 14.3 Å². The number of nitrogens with one attached hydrogen (secondary N) is 2. The fourth-order valence-electron chi connectivity index (χ4n) is 3.09. The lowest BCUT2D eigenvalue weighted by Gasteiger charge is -2.36. The highest BCUT2D eigenvalue weighted by Gasteiger charge is 2.30. The van der Waals surface area contributed by atoms with Gasteiger partial charge in [-0.25, -0.2) is 0 Å². The second-order valence-electron chi connectivity index (χ2n) is 5.97. The number of hydrogen-bond acceptors (Lipinski definition) is 4. The number of benzene rings is 1. The molecule has 0 aromatic heterocycles. The third kappa shape index (κ3) is 5.04. The summed E-state index contributed by atoms with van der Waals surface area (Å²) in [6, 6.07) is 7.90. The number of nitrogens with zero attached hydrogens (tertiary/aromatic N) is 1. The highest BCUT2D eigenvalue weighted by atomic mass is 16.5. The third-order valence-electron chi connectivity index (χ3n) is 4.30. The van der Waals surface area contributed by atoms with Gasteiger partial charge in [0, 0.05) is 40.2 Å². The summed E-state index contributed by atoms with van der Waals surface area (Å²) in [7, 11) is 1.66. The molecule has 132 valence electrons. The minimum absolute atomic E-state index is 0.0172. The summed E-state index contributed by atoms with van der Waals surface area (Å²) in [5, 5.41) is 6.10. The molecule has 2 amide bonds. The van der Waals surface area contributed by atoms with E-state index in [-0.39, 0.29) is 17.9 Å². The smallest absolute Gasteiger partial charge is 0.222 e. The fraction of sp³-hybridized carbons (Fsp3) is 0.556. The van der Waals surface area contributed by atoms with Crippen LogP contribution in [0, 0.1) is 0 Å². The number of fused-ring (bicyclic) bond motifs is 1. The average molecular weight is 333 g/mol. The topological polar surface area (TPSA) is 70.7 Å². The fourth-order valence-corrected chi connectivity index (χ4v) is 3.09. The Morgan fingerprint density at radius 3 is 2.79 bits per heavy atom. The van der Waals surface area contributed by atoms with Gasteiger partial charge in [-0.15, -0.1) is 0 Å². The van der Waals surface area contributed by atoms with Gasteiger partial charge in [0.25, 0.3) is 0 Å².